The zero-order chi connectivity index (χ0) is 18.9. The molecule has 2 aromatic carbocycles. The van der Waals surface area contributed by atoms with Crippen LogP contribution in [-0.2, 0) is 20.7 Å². The van der Waals surface area contributed by atoms with Crippen LogP contribution >= 0.6 is 0 Å². The molecule has 0 radical (unpaired) electrons. The van der Waals surface area contributed by atoms with Gasteiger partial charge in [0, 0.05) is 0 Å². The molecule has 26 heavy (non-hydrogen) atoms. The van der Waals surface area contributed by atoms with Gasteiger partial charge in [-0.3, -0.25) is 14.9 Å². The molecule has 2 amide bonds. The summed E-state index contributed by atoms with van der Waals surface area (Å²) in [5.41, 5.74) is 0.462. The van der Waals surface area contributed by atoms with Gasteiger partial charge in [0.25, 0.3) is 5.91 Å². The Morgan fingerprint density at radius 3 is 2.27 bits per heavy atom. The molecule has 0 aromatic heterocycles. The van der Waals surface area contributed by atoms with Crippen molar-refractivity contribution < 1.29 is 32.6 Å². The van der Waals surface area contributed by atoms with Crippen LogP contribution in [0.15, 0.2) is 54.6 Å². The lowest BCUT2D eigenvalue weighted by molar-refractivity contribution is -0.132. The van der Waals surface area contributed by atoms with Crippen LogP contribution in [0.3, 0.4) is 0 Å². The van der Waals surface area contributed by atoms with Crippen LogP contribution in [0.5, 0.6) is 5.75 Å². The van der Waals surface area contributed by atoms with Gasteiger partial charge in [0.15, 0.2) is 6.61 Å². The Balaban J connectivity index is 1.85. The first-order valence-electron chi connectivity index (χ1n) is 7.53. The normalized spacial score (nSPS) is 10.3. The fourth-order valence-corrected chi connectivity index (χ4v) is 2.06. The first-order valence-corrected chi connectivity index (χ1v) is 7.53. The number of amides is 2. The number of hydrogen-bond donors (Lipinski definition) is 1. The highest BCUT2D eigenvalue weighted by atomic mass is 19.3. The highest BCUT2D eigenvalue weighted by Crippen LogP contribution is 2.20. The number of esters is 1. The van der Waals surface area contributed by atoms with Crippen molar-refractivity contribution in [2.75, 3.05) is 6.61 Å². The van der Waals surface area contributed by atoms with Gasteiger partial charge in [-0.1, -0.05) is 42.5 Å². The van der Waals surface area contributed by atoms with Gasteiger partial charge in [-0.2, -0.15) is 8.78 Å². The van der Waals surface area contributed by atoms with Crippen molar-refractivity contribution in [3.8, 4) is 5.75 Å². The standard InChI is InChI=1S/C18H15F2NO5/c19-18(20)26-14-9-5-4-8-13(14)17(24)25-11-16(23)21-15(22)10-12-6-2-1-3-7-12/h1-9,18H,10-11H2,(H,21,22,23). The molecule has 0 unspecified atom stereocenters. The fourth-order valence-electron chi connectivity index (χ4n) is 2.06. The molecule has 2 rings (SSSR count). The van der Waals surface area contributed by atoms with E-state index in [0.717, 1.165) is 0 Å². The summed E-state index contributed by atoms with van der Waals surface area (Å²) in [7, 11) is 0. The number of imide groups is 1. The average Bonchev–Trinajstić information content (AvgIpc) is 2.60. The summed E-state index contributed by atoms with van der Waals surface area (Å²) in [5.74, 6) is -2.77. The molecule has 1 N–H and O–H groups in total. The zero-order valence-corrected chi connectivity index (χ0v) is 13.5. The molecule has 136 valence electrons. The predicted octanol–water partition coefficient (Wildman–Crippen LogP) is 2.33. The van der Waals surface area contributed by atoms with Crippen molar-refractivity contribution in [1.82, 2.24) is 5.32 Å². The molecular formula is C18H15F2NO5. The highest BCUT2D eigenvalue weighted by Gasteiger charge is 2.18. The summed E-state index contributed by atoms with van der Waals surface area (Å²) < 4.78 is 33.6. The Kier molecular flexibility index (Phi) is 6.78. The summed E-state index contributed by atoms with van der Waals surface area (Å²) >= 11 is 0. The lowest BCUT2D eigenvalue weighted by atomic mass is 10.1. The van der Waals surface area contributed by atoms with Crippen molar-refractivity contribution in [2.24, 2.45) is 0 Å². The molecule has 0 bridgehead atoms. The van der Waals surface area contributed by atoms with E-state index in [0.29, 0.717) is 5.56 Å². The van der Waals surface area contributed by atoms with E-state index in [1.54, 1.807) is 30.3 Å². The zero-order valence-electron chi connectivity index (χ0n) is 13.5. The van der Waals surface area contributed by atoms with Gasteiger partial charge in [-0.25, -0.2) is 4.79 Å². The van der Waals surface area contributed by atoms with Gasteiger partial charge < -0.3 is 9.47 Å². The van der Waals surface area contributed by atoms with Gasteiger partial charge in [0.2, 0.25) is 5.91 Å². The number of hydrogen-bond acceptors (Lipinski definition) is 5. The van der Waals surface area contributed by atoms with E-state index in [1.807, 2.05) is 0 Å². The number of benzene rings is 2. The largest absolute Gasteiger partial charge is 0.452 e. The summed E-state index contributed by atoms with van der Waals surface area (Å²) in [4.78, 5) is 35.3. The molecular weight excluding hydrogens is 348 g/mol. The molecule has 2 aromatic rings. The number of rotatable bonds is 7. The Morgan fingerprint density at radius 2 is 1.58 bits per heavy atom. The molecule has 0 aliphatic rings. The first-order chi connectivity index (χ1) is 12.5. The van der Waals surface area contributed by atoms with E-state index in [9.17, 15) is 23.2 Å². The monoisotopic (exact) mass is 363 g/mol. The van der Waals surface area contributed by atoms with E-state index in [4.69, 9.17) is 4.74 Å². The van der Waals surface area contributed by atoms with Crippen molar-refractivity contribution >= 4 is 17.8 Å². The number of alkyl halides is 2. The van der Waals surface area contributed by atoms with Gasteiger partial charge in [-0.15, -0.1) is 0 Å². The third-order valence-electron chi connectivity index (χ3n) is 3.14. The number of ether oxygens (including phenoxy) is 2. The molecule has 0 saturated carbocycles. The van der Waals surface area contributed by atoms with Crippen LogP contribution < -0.4 is 10.1 Å². The molecule has 0 fully saturated rings. The lowest BCUT2D eigenvalue weighted by Gasteiger charge is -2.10. The number of carbonyl (C=O) groups excluding carboxylic acids is 3. The molecule has 8 heteroatoms. The highest BCUT2D eigenvalue weighted by molar-refractivity contribution is 5.98. The number of carbonyl (C=O) groups is 3. The maximum Gasteiger partial charge on any atom is 0.387 e. The Labute approximate surface area is 147 Å². The Morgan fingerprint density at radius 1 is 0.923 bits per heavy atom. The van der Waals surface area contributed by atoms with Crippen LogP contribution in [0.1, 0.15) is 15.9 Å². The molecule has 6 nitrogen and oxygen atoms in total. The summed E-state index contributed by atoms with van der Waals surface area (Å²) in [6, 6.07) is 14.0. The van der Waals surface area contributed by atoms with Crippen molar-refractivity contribution in [3.05, 3.63) is 65.7 Å². The number of para-hydroxylation sites is 1. The smallest absolute Gasteiger partial charge is 0.387 e. The summed E-state index contributed by atoms with van der Waals surface area (Å²) in [6.07, 6.45) is -0.00834. The molecule has 0 aliphatic carbocycles. The minimum absolute atomic E-state index is 0.00834. The minimum atomic E-state index is -3.11. The molecule has 0 spiro atoms. The van der Waals surface area contributed by atoms with E-state index in [-0.39, 0.29) is 17.7 Å². The second-order valence-electron chi connectivity index (χ2n) is 5.08. The van der Waals surface area contributed by atoms with E-state index >= 15 is 0 Å². The van der Waals surface area contributed by atoms with Crippen LogP contribution in [0.2, 0.25) is 0 Å². The van der Waals surface area contributed by atoms with Crippen molar-refractivity contribution in [2.45, 2.75) is 13.0 Å². The molecule has 0 saturated heterocycles. The Hall–Kier alpha value is -3.29. The van der Waals surface area contributed by atoms with Crippen LogP contribution in [0.4, 0.5) is 8.78 Å². The average molecular weight is 363 g/mol. The second kappa shape index (κ2) is 9.26. The SMILES string of the molecule is O=C(COC(=O)c1ccccc1OC(F)F)NC(=O)Cc1ccccc1. The molecule has 0 atom stereocenters. The molecule has 0 aliphatic heterocycles. The van der Waals surface area contributed by atoms with E-state index in [2.05, 4.69) is 10.1 Å². The van der Waals surface area contributed by atoms with Gasteiger partial charge >= 0.3 is 12.6 Å². The number of halogens is 2. The quantitative estimate of drug-likeness (QED) is 0.764. The van der Waals surface area contributed by atoms with Crippen LogP contribution in [-0.4, -0.2) is 31.0 Å². The van der Waals surface area contributed by atoms with Gasteiger partial charge in [0.05, 0.1) is 6.42 Å². The van der Waals surface area contributed by atoms with Gasteiger partial charge in [0.1, 0.15) is 11.3 Å². The van der Waals surface area contributed by atoms with Crippen molar-refractivity contribution in [1.29, 1.82) is 0 Å². The summed E-state index contributed by atoms with van der Waals surface area (Å²) in [6.45, 7) is -3.84. The fraction of sp³-hybridized carbons (Fsp3) is 0.167. The number of nitrogens with one attached hydrogen (secondary N) is 1. The topological polar surface area (TPSA) is 81.7 Å². The first kappa shape index (κ1) is 19.0. The lowest BCUT2D eigenvalue weighted by Crippen LogP contribution is -2.35. The van der Waals surface area contributed by atoms with Crippen LogP contribution in [0.25, 0.3) is 0 Å². The Bertz CT molecular complexity index is 780. The van der Waals surface area contributed by atoms with Gasteiger partial charge in [-0.05, 0) is 17.7 Å². The third kappa shape index (κ3) is 5.97. The van der Waals surface area contributed by atoms with E-state index < -0.39 is 31.0 Å². The minimum Gasteiger partial charge on any atom is -0.452 e. The summed E-state index contributed by atoms with van der Waals surface area (Å²) in [5, 5.41) is 2.08. The second-order valence-corrected chi connectivity index (χ2v) is 5.08. The van der Waals surface area contributed by atoms with Crippen LogP contribution in [0, 0.1) is 0 Å². The maximum atomic E-state index is 12.3. The predicted molar refractivity (Wildman–Crippen MR) is 86.7 cm³/mol. The third-order valence-corrected chi connectivity index (χ3v) is 3.14. The molecule has 0 heterocycles. The van der Waals surface area contributed by atoms with E-state index in [1.165, 1.54) is 24.3 Å². The van der Waals surface area contributed by atoms with Crippen molar-refractivity contribution in [3.63, 3.8) is 0 Å². The maximum absolute atomic E-state index is 12.3.